The Hall–Kier alpha value is -2.63. The molecule has 0 aromatic heterocycles. The molecule has 1 saturated carbocycles. The topological polar surface area (TPSA) is 43.9 Å². The van der Waals surface area contributed by atoms with Gasteiger partial charge in [0.15, 0.2) is 0 Å². The van der Waals surface area contributed by atoms with E-state index in [2.05, 4.69) is 17.0 Å². The summed E-state index contributed by atoms with van der Waals surface area (Å²) in [6.45, 7) is 5.54. The second-order valence-electron chi connectivity index (χ2n) is 11.2. The summed E-state index contributed by atoms with van der Waals surface area (Å²) in [5.74, 6) is 0.925. The molecule has 0 unspecified atom stereocenters. The molecule has 0 radical (unpaired) electrons. The van der Waals surface area contributed by atoms with Gasteiger partial charge in [-0.15, -0.1) is 0 Å². The van der Waals surface area contributed by atoms with Gasteiger partial charge in [-0.25, -0.2) is 0 Å². The van der Waals surface area contributed by atoms with Crippen LogP contribution >= 0.6 is 11.6 Å². The maximum Gasteiger partial charge on any atom is 0.251 e. The molecule has 2 heterocycles. The number of carbonyl (C=O) groups excluding carboxylic acids is 2. The van der Waals surface area contributed by atoms with E-state index in [1.54, 1.807) is 13.0 Å². The number of carbonyl (C=O) groups is 2. The Kier molecular flexibility index (Phi) is 8.86. The largest absolute Gasteiger partial charge is 0.312 e. The lowest BCUT2D eigenvalue weighted by Crippen LogP contribution is -2.47. The molecule has 3 aliphatic rings. The predicted molar refractivity (Wildman–Crippen MR) is 157 cm³/mol. The van der Waals surface area contributed by atoms with E-state index in [-0.39, 0.29) is 17.9 Å². The van der Waals surface area contributed by atoms with E-state index in [0.717, 1.165) is 55.2 Å². The van der Waals surface area contributed by atoms with Crippen LogP contribution in [0, 0.1) is 5.92 Å². The first-order chi connectivity index (χ1) is 18.5. The Bertz CT molecular complexity index is 1150. The molecule has 2 fully saturated rings. The van der Waals surface area contributed by atoms with Gasteiger partial charge in [-0.1, -0.05) is 61.9 Å². The Labute approximate surface area is 232 Å². The van der Waals surface area contributed by atoms with Gasteiger partial charge in [0.1, 0.15) is 0 Å². The van der Waals surface area contributed by atoms with Gasteiger partial charge in [0.2, 0.25) is 5.91 Å². The van der Waals surface area contributed by atoms with Gasteiger partial charge in [0, 0.05) is 55.1 Å². The Morgan fingerprint density at radius 3 is 2.42 bits per heavy atom. The highest BCUT2D eigenvalue weighted by Gasteiger charge is 2.30. The van der Waals surface area contributed by atoms with Crippen LogP contribution < -0.4 is 9.80 Å². The molecular formula is C32H40ClN3O2. The predicted octanol–water partition coefficient (Wildman–Crippen LogP) is 6.73. The minimum Gasteiger partial charge on any atom is -0.312 e. The molecular weight excluding hydrogens is 494 g/mol. The SMILES string of the molecule is CC(=O)N1CCc2ccc(N(C(=O)C=Cc3ccc(Cl)cc3)C3CCN(CCC4CCCCC4)CC3)cc21. The van der Waals surface area contributed by atoms with Crippen molar-refractivity contribution < 1.29 is 9.59 Å². The standard InChI is InChI=1S/C32H40ClN3O2/c1-24(37)35-22-16-27-10-13-30(23-31(27)35)36(32(38)14-9-26-7-11-28(33)12-8-26)29-17-20-34(21-18-29)19-15-25-5-3-2-4-6-25/h7-14,23,25,29H,2-6,15-22H2,1H3. The second kappa shape index (κ2) is 12.5. The number of rotatable bonds is 7. The molecule has 1 saturated heterocycles. The van der Waals surface area contributed by atoms with Crippen molar-refractivity contribution in [1.29, 1.82) is 0 Å². The number of amides is 2. The molecule has 0 spiro atoms. The van der Waals surface area contributed by atoms with E-state index in [9.17, 15) is 9.59 Å². The maximum atomic E-state index is 13.7. The lowest BCUT2D eigenvalue weighted by molar-refractivity contribution is -0.116. The van der Waals surface area contributed by atoms with Crippen LogP contribution in [0.15, 0.2) is 48.5 Å². The zero-order valence-corrected chi connectivity index (χ0v) is 23.3. The highest BCUT2D eigenvalue weighted by atomic mass is 35.5. The van der Waals surface area contributed by atoms with Crippen LogP contribution in [-0.2, 0) is 16.0 Å². The highest BCUT2D eigenvalue weighted by Crippen LogP contribution is 2.35. The van der Waals surface area contributed by atoms with E-state index in [4.69, 9.17) is 11.6 Å². The first kappa shape index (κ1) is 27.0. The molecule has 2 amide bonds. The number of hydrogen-bond donors (Lipinski definition) is 0. The molecule has 2 aromatic carbocycles. The third-order valence-corrected chi connectivity index (χ3v) is 8.90. The van der Waals surface area contributed by atoms with Crippen LogP contribution in [0.2, 0.25) is 5.02 Å². The van der Waals surface area contributed by atoms with Gasteiger partial charge in [-0.05, 0) is 79.6 Å². The molecule has 0 atom stereocenters. The second-order valence-corrected chi connectivity index (χ2v) is 11.6. The third-order valence-electron chi connectivity index (χ3n) is 8.65. The molecule has 5 nitrogen and oxygen atoms in total. The molecule has 202 valence electrons. The molecule has 6 heteroatoms. The number of halogens is 1. The van der Waals surface area contributed by atoms with Gasteiger partial charge in [-0.3, -0.25) is 9.59 Å². The van der Waals surface area contributed by atoms with Crippen LogP contribution in [-0.4, -0.2) is 48.9 Å². The van der Waals surface area contributed by atoms with E-state index >= 15 is 0 Å². The Morgan fingerprint density at radius 2 is 1.71 bits per heavy atom. The van der Waals surface area contributed by atoms with Crippen molar-refractivity contribution in [3.63, 3.8) is 0 Å². The highest BCUT2D eigenvalue weighted by molar-refractivity contribution is 6.30. The number of nitrogens with zero attached hydrogens (tertiary/aromatic N) is 3. The lowest BCUT2D eigenvalue weighted by atomic mass is 9.87. The Morgan fingerprint density at radius 1 is 0.974 bits per heavy atom. The molecule has 2 aromatic rings. The number of benzene rings is 2. The number of likely N-dealkylation sites (tertiary alicyclic amines) is 1. The summed E-state index contributed by atoms with van der Waals surface area (Å²) in [5.41, 5.74) is 3.94. The summed E-state index contributed by atoms with van der Waals surface area (Å²) in [5, 5.41) is 0.679. The molecule has 0 bridgehead atoms. The van der Waals surface area contributed by atoms with Gasteiger partial charge in [0.05, 0.1) is 0 Å². The number of anilines is 2. The van der Waals surface area contributed by atoms with Crippen LogP contribution in [0.3, 0.4) is 0 Å². The van der Waals surface area contributed by atoms with Crippen LogP contribution in [0.25, 0.3) is 6.08 Å². The molecule has 0 N–H and O–H groups in total. The summed E-state index contributed by atoms with van der Waals surface area (Å²) in [6, 6.07) is 13.8. The monoisotopic (exact) mass is 533 g/mol. The first-order valence-electron chi connectivity index (χ1n) is 14.4. The maximum absolute atomic E-state index is 13.7. The number of fused-ring (bicyclic) bond motifs is 1. The number of piperidine rings is 1. The third kappa shape index (κ3) is 6.50. The summed E-state index contributed by atoms with van der Waals surface area (Å²) in [4.78, 5) is 32.4. The average molecular weight is 534 g/mol. The van der Waals surface area contributed by atoms with Crippen molar-refractivity contribution in [2.24, 2.45) is 5.92 Å². The molecule has 1 aliphatic carbocycles. The van der Waals surface area contributed by atoms with Crippen LogP contribution in [0.4, 0.5) is 11.4 Å². The summed E-state index contributed by atoms with van der Waals surface area (Å²) < 4.78 is 0. The minimum absolute atomic E-state index is 0.0204. The van der Waals surface area contributed by atoms with Crippen molar-refractivity contribution in [3.05, 3.63) is 64.7 Å². The van der Waals surface area contributed by atoms with E-state index in [1.165, 1.54) is 50.6 Å². The lowest BCUT2D eigenvalue weighted by Gasteiger charge is -2.39. The fourth-order valence-electron chi connectivity index (χ4n) is 6.43. The average Bonchev–Trinajstić information content (AvgIpc) is 3.37. The van der Waals surface area contributed by atoms with Crippen molar-refractivity contribution in [2.75, 3.05) is 36.0 Å². The van der Waals surface area contributed by atoms with E-state index in [0.29, 0.717) is 11.6 Å². The van der Waals surface area contributed by atoms with Crippen molar-refractivity contribution in [2.45, 2.75) is 70.8 Å². The van der Waals surface area contributed by atoms with E-state index < -0.39 is 0 Å². The Balaban J connectivity index is 1.32. The zero-order chi connectivity index (χ0) is 26.5. The summed E-state index contributed by atoms with van der Waals surface area (Å²) >= 11 is 6.03. The van der Waals surface area contributed by atoms with Gasteiger partial charge < -0.3 is 14.7 Å². The van der Waals surface area contributed by atoms with Gasteiger partial charge in [-0.2, -0.15) is 0 Å². The van der Waals surface area contributed by atoms with Crippen molar-refractivity contribution in [1.82, 2.24) is 4.90 Å². The molecule has 5 rings (SSSR count). The zero-order valence-electron chi connectivity index (χ0n) is 22.6. The van der Waals surface area contributed by atoms with E-state index in [1.807, 2.05) is 46.2 Å². The molecule has 2 aliphatic heterocycles. The van der Waals surface area contributed by atoms with Gasteiger partial charge in [0.25, 0.3) is 5.91 Å². The summed E-state index contributed by atoms with van der Waals surface area (Å²) in [6.07, 6.45) is 14.6. The smallest absolute Gasteiger partial charge is 0.251 e. The number of hydrogen-bond acceptors (Lipinski definition) is 3. The normalized spacial score (nSPS) is 19.2. The quantitative estimate of drug-likeness (QED) is 0.371. The fourth-order valence-corrected chi connectivity index (χ4v) is 6.55. The molecule has 38 heavy (non-hydrogen) atoms. The van der Waals surface area contributed by atoms with Crippen LogP contribution in [0.1, 0.15) is 69.4 Å². The fraction of sp³-hybridized carbons (Fsp3) is 0.500. The minimum atomic E-state index is -0.0204. The first-order valence-corrected chi connectivity index (χ1v) is 14.8. The summed E-state index contributed by atoms with van der Waals surface area (Å²) in [7, 11) is 0. The van der Waals surface area contributed by atoms with Crippen molar-refractivity contribution in [3.8, 4) is 0 Å². The van der Waals surface area contributed by atoms with Gasteiger partial charge >= 0.3 is 0 Å². The van der Waals surface area contributed by atoms with Crippen molar-refractivity contribution >= 4 is 40.9 Å². The van der Waals surface area contributed by atoms with Crippen LogP contribution in [0.5, 0.6) is 0 Å².